The minimum absolute atomic E-state index is 0.103. The molecular formula is C29H28Cl2F2N2O2S. The van der Waals surface area contributed by atoms with Crippen LogP contribution in [0.4, 0.5) is 8.78 Å². The first-order valence-electron chi connectivity index (χ1n) is 11.9. The number of aliphatic hydroxyl groups is 1. The summed E-state index contributed by atoms with van der Waals surface area (Å²) in [5.41, 5.74) is 1.75. The molecule has 0 aliphatic carbocycles. The van der Waals surface area contributed by atoms with E-state index in [1.807, 2.05) is 16.7 Å². The van der Waals surface area contributed by atoms with Crippen molar-refractivity contribution in [2.75, 3.05) is 6.61 Å². The summed E-state index contributed by atoms with van der Waals surface area (Å²) in [6.45, 7) is 7.53. The van der Waals surface area contributed by atoms with Gasteiger partial charge in [0.1, 0.15) is 24.0 Å². The monoisotopic (exact) mass is 576 g/mol. The predicted octanol–water partition coefficient (Wildman–Crippen LogP) is 8.23. The zero-order valence-electron chi connectivity index (χ0n) is 21.4. The van der Waals surface area contributed by atoms with Crippen molar-refractivity contribution in [2.24, 2.45) is 0 Å². The van der Waals surface area contributed by atoms with Gasteiger partial charge in [-0.25, -0.2) is 13.8 Å². The number of imidazole rings is 1. The molecule has 0 saturated heterocycles. The molecule has 1 heterocycles. The number of benzene rings is 3. The molecule has 0 spiro atoms. The van der Waals surface area contributed by atoms with Crippen molar-refractivity contribution >= 4 is 35.0 Å². The Kier molecular flexibility index (Phi) is 8.43. The topological polar surface area (TPSA) is 47.3 Å². The minimum Gasteiger partial charge on any atom is -0.489 e. The van der Waals surface area contributed by atoms with E-state index < -0.39 is 16.8 Å². The summed E-state index contributed by atoms with van der Waals surface area (Å²) >= 11 is 14.3. The van der Waals surface area contributed by atoms with E-state index in [0.717, 1.165) is 22.5 Å². The fourth-order valence-corrected chi connectivity index (χ4v) is 5.45. The number of hydrogen-bond acceptors (Lipinski definition) is 4. The number of ether oxygens (including phenoxy) is 1. The molecule has 9 heteroatoms. The highest BCUT2D eigenvalue weighted by Crippen LogP contribution is 2.39. The lowest BCUT2D eigenvalue weighted by Crippen LogP contribution is -2.28. The first-order chi connectivity index (χ1) is 17.8. The van der Waals surface area contributed by atoms with Gasteiger partial charge in [-0.3, -0.25) is 4.57 Å². The molecule has 0 aliphatic rings. The maximum atomic E-state index is 13.8. The number of thioether (sulfide) groups is 1. The second-order valence-corrected chi connectivity index (χ2v) is 11.9. The third-order valence-corrected chi connectivity index (χ3v) is 7.71. The van der Waals surface area contributed by atoms with Gasteiger partial charge in [-0.2, -0.15) is 0 Å². The molecular weight excluding hydrogens is 549 g/mol. The first-order valence-corrected chi connectivity index (χ1v) is 13.7. The van der Waals surface area contributed by atoms with Gasteiger partial charge in [-0.05, 0) is 73.5 Å². The molecule has 200 valence electrons. The zero-order valence-corrected chi connectivity index (χ0v) is 23.8. The summed E-state index contributed by atoms with van der Waals surface area (Å²) in [4.78, 5) is 4.70. The number of rotatable bonds is 9. The van der Waals surface area contributed by atoms with E-state index in [4.69, 9.17) is 32.9 Å². The van der Waals surface area contributed by atoms with E-state index in [1.54, 1.807) is 44.3 Å². The maximum absolute atomic E-state index is 13.8. The van der Waals surface area contributed by atoms with E-state index in [-0.39, 0.29) is 12.4 Å². The number of aromatic nitrogens is 2. The highest BCUT2D eigenvalue weighted by molar-refractivity contribution is 7.98. The first kappa shape index (κ1) is 28.4. The molecule has 0 saturated carbocycles. The molecule has 0 unspecified atom stereocenters. The highest BCUT2D eigenvalue weighted by Gasteiger charge is 2.30. The van der Waals surface area contributed by atoms with Crippen molar-refractivity contribution in [1.82, 2.24) is 9.55 Å². The molecule has 0 atom stereocenters. The van der Waals surface area contributed by atoms with Gasteiger partial charge in [0.25, 0.3) is 0 Å². The normalized spacial score (nSPS) is 12.1. The van der Waals surface area contributed by atoms with Crippen molar-refractivity contribution in [1.29, 1.82) is 0 Å². The molecule has 0 amide bonds. The molecule has 1 aromatic heterocycles. The van der Waals surface area contributed by atoms with Gasteiger partial charge in [-0.15, -0.1) is 0 Å². The quantitative estimate of drug-likeness (QED) is 0.204. The van der Waals surface area contributed by atoms with Crippen LogP contribution < -0.4 is 4.74 Å². The highest BCUT2D eigenvalue weighted by atomic mass is 35.5. The SMILES string of the molecule is CC(C)(O)COc1ccc(C(C)(C)c2cnc(SCc3ccc(F)cc3Cl)n2-c2ccc(F)cc2)cc1Cl. The van der Waals surface area contributed by atoms with E-state index in [0.29, 0.717) is 26.7 Å². The van der Waals surface area contributed by atoms with Crippen LogP contribution in [0.15, 0.2) is 72.0 Å². The van der Waals surface area contributed by atoms with Crippen LogP contribution in [0, 0.1) is 11.6 Å². The van der Waals surface area contributed by atoms with E-state index in [9.17, 15) is 13.9 Å². The second-order valence-electron chi connectivity index (χ2n) is 10.1. The molecule has 0 bridgehead atoms. The number of nitrogens with zero attached hydrogens (tertiary/aromatic N) is 2. The van der Waals surface area contributed by atoms with Crippen molar-refractivity contribution in [3.8, 4) is 11.4 Å². The van der Waals surface area contributed by atoms with E-state index in [1.165, 1.54) is 36.0 Å². The lowest BCUT2D eigenvalue weighted by atomic mass is 9.81. The maximum Gasteiger partial charge on any atom is 0.173 e. The molecule has 4 rings (SSSR count). The number of halogens is 4. The van der Waals surface area contributed by atoms with Crippen molar-refractivity contribution < 1.29 is 18.6 Å². The average Bonchev–Trinajstić information content (AvgIpc) is 3.27. The fraction of sp³-hybridized carbons (Fsp3) is 0.276. The van der Waals surface area contributed by atoms with Crippen LogP contribution in [0.1, 0.15) is 44.5 Å². The Labute approximate surface area is 235 Å². The minimum atomic E-state index is -0.991. The fourth-order valence-electron chi connectivity index (χ4n) is 3.91. The Morgan fingerprint density at radius 2 is 1.61 bits per heavy atom. The van der Waals surface area contributed by atoms with E-state index in [2.05, 4.69) is 13.8 Å². The van der Waals surface area contributed by atoms with Gasteiger partial charge >= 0.3 is 0 Å². The van der Waals surface area contributed by atoms with Gasteiger partial charge in [0.2, 0.25) is 0 Å². The Balaban J connectivity index is 1.71. The summed E-state index contributed by atoms with van der Waals surface area (Å²) in [6.07, 6.45) is 1.80. The van der Waals surface area contributed by atoms with Crippen LogP contribution in [0.3, 0.4) is 0 Å². The zero-order chi connectivity index (χ0) is 27.7. The summed E-state index contributed by atoms with van der Waals surface area (Å²) in [5.74, 6) is 0.218. The molecule has 4 aromatic rings. The summed E-state index contributed by atoms with van der Waals surface area (Å²) in [6, 6.07) is 16.1. The van der Waals surface area contributed by atoms with Crippen LogP contribution in [0.2, 0.25) is 10.0 Å². The Morgan fingerprint density at radius 3 is 2.24 bits per heavy atom. The summed E-state index contributed by atoms with van der Waals surface area (Å²) < 4.78 is 35.0. The molecule has 1 N–H and O–H groups in total. The average molecular weight is 578 g/mol. The standard InChI is InChI=1S/C29H28Cl2F2N2O2S/c1-28(2,36)17-37-25-12-6-19(13-24(25)31)29(3,4)26-15-34-27(35(26)22-10-8-20(32)9-11-22)38-16-18-5-7-21(33)14-23(18)30/h5-15,36H,16-17H2,1-4H3. The van der Waals surface area contributed by atoms with Crippen molar-refractivity contribution in [3.05, 3.63) is 105 Å². The van der Waals surface area contributed by atoms with Crippen molar-refractivity contribution in [3.63, 3.8) is 0 Å². The summed E-state index contributed by atoms with van der Waals surface area (Å²) in [5, 5.41) is 11.4. The van der Waals surface area contributed by atoms with Crippen LogP contribution in [-0.2, 0) is 11.2 Å². The molecule has 0 aliphatic heterocycles. The van der Waals surface area contributed by atoms with Crippen LogP contribution in [0.25, 0.3) is 5.69 Å². The van der Waals surface area contributed by atoms with Gasteiger partial charge in [0.15, 0.2) is 5.16 Å². The molecule has 0 radical (unpaired) electrons. The van der Waals surface area contributed by atoms with Gasteiger partial charge < -0.3 is 9.84 Å². The largest absolute Gasteiger partial charge is 0.489 e. The van der Waals surface area contributed by atoms with Crippen LogP contribution in [0.5, 0.6) is 5.75 Å². The number of hydrogen-bond donors (Lipinski definition) is 1. The third kappa shape index (κ3) is 6.52. The lowest BCUT2D eigenvalue weighted by Gasteiger charge is -2.28. The van der Waals surface area contributed by atoms with Gasteiger partial charge in [0.05, 0.1) is 22.5 Å². The Hall–Kier alpha value is -2.58. The molecule has 0 fully saturated rings. The van der Waals surface area contributed by atoms with Gasteiger partial charge in [-0.1, -0.05) is 60.9 Å². The van der Waals surface area contributed by atoms with Gasteiger partial charge in [0, 0.05) is 21.9 Å². The van der Waals surface area contributed by atoms with E-state index >= 15 is 0 Å². The smallest absolute Gasteiger partial charge is 0.173 e. The second kappa shape index (κ2) is 11.3. The summed E-state index contributed by atoms with van der Waals surface area (Å²) in [7, 11) is 0. The van der Waals surface area contributed by atoms with Crippen molar-refractivity contribution in [2.45, 2.75) is 49.6 Å². The molecule has 38 heavy (non-hydrogen) atoms. The third-order valence-electron chi connectivity index (χ3n) is 6.06. The molecule has 3 aromatic carbocycles. The van der Waals surface area contributed by atoms with Crippen LogP contribution in [-0.4, -0.2) is 26.9 Å². The lowest BCUT2D eigenvalue weighted by molar-refractivity contribution is 0.0285. The van der Waals surface area contributed by atoms with Crippen LogP contribution >= 0.6 is 35.0 Å². The Bertz CT molecular complexity index is 1430. The Morgan fingerprint density at radius 1 is 0.921 bits per heavy atom. The molecule has 4 nitrogen and oxygen atoms in total. The predicted molar refractivity (Wildman–Crippen MR) is 150 cm³/mol.